The SMILES string of the molecule is CC1(C)CC(=O)C2=C(C1)OC(N)=C(C(N)=O)C2c1ccccc1. The van der Waals surface area contributed by atoms with Crippen molar-refractivity contribution in [2.75, 3.05) is 0 Å². The Morgan fingerprint density at radius 1 is 1.22 bits per heavy atom. The fourth-order valence-corrected chi connectivity index (χ4v) is 3.41. The summed E-state index contributed by atoms with van der Waals surface area (Å²) in [6.45, 7) is 4.03. The Kier molecular flexibility index (Phi) is 3.51. The summed E-state index contributed by atoms with van der Waals surface area (Å²) in [5, 5.41) is 0. The second-order valence-electron chi connectivity index (χ2n) is 6.87. The van der Waals surface area contributed by atoms with Crippen LogP contribution >= 0.6 is 0 Å². The number of hydrogen-bond donors (Lipinski definition) is 2. The van der Waals surface area contributed by atoms with Crippen LogP contribution in [0.3, 0.4) is 0 Å². The highest BCUT2D eigenvalue weighted by atomic mass is 16.5. The largest absolute Gasteiger partial charge is 0.445 e. The molecular formula is C18H20N2O3. The molecule has 0 bridgehead atoms. The minimum Gasteiger partial charge on any atom is -0.445 e. The van der Waals surface area contributed by atoms with E-state index in [1.165, 1.54) is 0 Å². The molecule has 1 atom stereocenters. The summed E-state index contributed by atoms with van der Waals surface area (Å²) in [4.78, 5) is 24.7. The second-order valence-corrected chi connectivity index (χ2v) is 6.87. The molecule has 1 amide bonds. The molecule has 1 aliphatic carbocycles. The number of carbonyl (C=O) groups is 2. The van der Waals surface area contributed by atoms with E-state index >= 15 is 0 Å². The van der Waals surface area contributed by atoms with E-state index in [1.54, 1.807) is 0 Å². The Bertz CT molecular complexity index is 745. The Hall–Kier alpha value is -2.56. The number of amides is 1. The molecule has 23 heavy (non-hydrogen) atoms. The van der Waals surface area contributed by atoms with Crippen molar-refractivity contribution in [3.8, 4) is 0 Å². The zero-order chi connectivity index (χ0) is 16.8. The maximum Gasteiger partial charge on any atom is 0.250 e. The number of benzene rings is 1. The van der Waals surface area contributed by atoms with Crippen molar-refractivity contribution in [2.24, 2.45) is 16.9 Å². The maximum absolute atomic E-state index is 12.7. The molecule has 1 aromatic carbocycles. The molecule has 2 aliphatic rings. The predicted octanol–water partition coefficient (Wildman–Crippen LogP) is 2.10. The number of rotatable bonds is 2. The van der Waals surface area contributed by atoms with Gasteiger partial charge in [0.25, 0.3) is 5.91 Å². The normalized spacial score (nSPS) is 23.4. The van der Waals surface area contributed by atoms with Crippen LogP contribution in [0, 0.1) is 5.41 Å². The van der Waals surface area contributed by atoms with Gasteiger partial charge in [-0.1, -0.05) is 44.2 Å². The molecule has 0 saturated carbocycles. The Morgan fingerprint density at radius 2 is 1.87 bits per heavy atom. The zero-order valence-corrected chi connectivity index (χ0v) is 13.3. The standard InChI is InChI=1S/C18H20N2O3/c1-18(2)8-11(21)14-12(9-18)23-17(20)15(16(19)22)13(14)10-6-4-3-5-7-10/h3-7,13H,8-9,20H2,1-2H3,(H2,19,22). The summed E-state index contributed by atoms with van der Waals surface area (Å²) >= 11 is 0. The van der Waals surface area contributed by atoms with Crippen molar-refractivity contribution >= 4 is 11.7 Å². The molecule has 0 saturated heterocycles. The van der Waals surface area contributed by atoms with Crippen LogP contribution in [-0.4, -0.2) is 11.7 Å². The van der Waals surface area contributed by atoms with Crippen LogP contribution in [-0.2, 0) is 14.3 Å². The van der Waals surface area contributed by atoms with E-state index in [0.717, 1.165) is 5.56 Å². The van der Waals surface area contributed by atoms with Gasteiger partial charge >= 0.3 is 0 Å². The van der Waals surface area contributed by atoms with E-state index in [2.05, 4.69) is 0 Å². The average molecular weight is 312 g/mol. The maximum atomic E-state index is 12.7. The lowest BCUT2D eigenvalue weighted by Crippen LogP contribution is -2.36. The van der Waals surface area contributed by atoms with Gasteiger partial charge in [0.2, 0.25) is 0 Å². The van der Waals surface area contributed by atoms with E-state index < -0.39 is 11.8 Å². The number of hydrogen-bond acceptors (Lipinski definition) is 4. The molecule has 120 valence electrons. The lowest BCUT2D eigenvalue weighted by molar-refractivity contribution is -0.119. The molecule has 0 radical (unpaired) electrons. The minimum absolute atomic E-state index is 0.00407. The van der Waals surface area contributed by atoms with Crippen LogP contribution in [0.15, 0.2) is 53.1 Å². The third-order valence-corrected chi connectivity index (χ3v) is 4.35. The highest BCUT2D eigenvalue weighted by Crippen LogP contribution is 2.47. The van der Waals surface area contributed by atoms with Gasteiger partial charge in [0.05, 0.1) is 11.5 Å². The molecule has 4 N–H and O–H groups in total. The lowest BCUT2D eigenvalue weighted by Gasteiger charge is -2.37. The summed E-state index contributed by atoms with van der Waals surface area (Å²) < 4.78 is 5.64. The number of allylic oxidation sites excluding steroid dienone is 2. The minimum atomic E-state index is -0.666. The van der Waals surface area contributed by atoms with Crippen LogP contribution in [0.5, 0.6) is 0 Å². The number of primary amides is 1. The number of ether oxygens (including phenoxy) is 1. The third-order valence-electron chi connectivity index (χ3n) is 4.35. The van der Waals surface area contributed by atoms with Gasteiger partial charge in [-0.05, 0) is 11.0 Å². The zero-order valence-electron chi connectivity index (χ0n) is 13.3. The Balaban J connectivity index is 2.20. The van der Waals surface area contributed by atoms with E-state index in [4.69, 9.17) is 16.2 Å². The van der Waals surface area contributed by atoms with Crippen LogP contribution in [0.1, 0.15) is 38.2 Å². The van der Waals surface area contributed by atoms with Gasteiger partial charge in [0.1, 0.15) is 5.76 Å². The smallest absolute Gasteiger partial charge is 0.250 e. The summed E-state index contributed by atoms with van der Waals surface area (Å²) in [6.07, 6.45) is 1.01. The van der Waals surface area contributed by atoms with Gasteiger partial charge in [-0.25, -0.2) is 0 Å². The van der Waals surface area contributed by atoms with Gasteiger partial charge in [-0.3, -0.25) is 9.59 Å². The van der Waals surface area contributed by atoms with E-state index in [0.29, 0.717) is 24.2 Å². The fraction of sp³-hybridized carbons (Fsp3) is 0.333. The molecule has 1 aromatic rings. The number of nitrogens with two attached hydrogens (primary N) is 2. The predicted molar refractivity (Wildman–Crippen MR) is 85.7 cm³/mol. The number of Topliss-reactive ketones (excluding diaryl/α,β-unsaturated/α-hetero) is 1. The van der Waals surface area contributed by atoms with Crippen LogP contribution < -0.4 is 11.5 Å². The van der Waals surface area contributed by atoms with Crippen molar-refractivity contribution < 1.29 is 14.3 Å². The molecule has 1 aliphatic heterocycles. The number of carbonyl (C=O) groups excluding carboxylic acids is 2. The summed E-state index contributed by atoms with van der Waals surface area (Å²) in [7, 11) is 0. The molecule has 3 rings (SSSR count). The summed E-state index contributed by atoms with van der Waals surface area (Å²) in [5.74, 6) is -0.684. The van der Waals surface area contributed by atoms with Gasteiger partial charge in [-0.15, -0.1) is 0 Å². The van der Waals surface area contributed by atoms with Crippen molar-refractivity contribution in [1.82, 2.24) is 0 Å². The lowest BCUT2D eigenvalue weighted by atomic mass is 9.70. The van der Waals surface area contributed by atoms with E-state index in [-0.39, 0.29) is 22.7 Å². The number of ketones is 1. The van der Waals surface area contributed by atoms with E-state index in [1.807, 2.05) is 44.2 Å². The first kappa shape index (κ1) is 15.3. The van der Waals surface area contributed by atoms with Crippen molar-refractivity contribution in [3.63, 3.8) is 0 Å². The van der Waals surface area contributed by atoms with Gasteiger partial charge in [-0.2, -0.15) is 0 Å². The second kappa shape index (κ2) is 5.26. The molecule has 0 fully saturated rings. The first-order valence-electron chi connectivity index (χ1n) is 7.58. The molecular weight excluding hydrogens is 292 g/mol. The van der Waals surface area contributed by atoms with Crippen molar-refractivity contribution in [1.29, 1.82) is 0 Å². The molecule has 1 heterocycles. The molecule has 1 unspecified atom stereocenters. The van der Waals surface area contributed by atoms with Crippen LogP contribution in [0.25, 0.3) is 0 Å². The topological polar surface area (TPSA) is 95.4 Å². The van der Waals surface area contributed by atoms with Crippen molar-refractivity contribution in [3.05, 3.63) is 58.7 Å². The summed E-state index contributed by atoms with van der Waals surface area (Å²) in [6, 6.07) is 9.32. The first-order valence-corrected chi connectivity index (χ1v) is 7.58. The molecule has 0 spiro atoms. The fourth-order valence-electron chi connectivity index (χ4n) is 3.41. The van der Waals surface area contributed by atoms with Crippen LogP contribution in [0.2, 0.25) is 0 Å². The summed E-state index contributed by atoms with van der Waals surface area (Å²) in [5.41, 5.74) is 12.8. The first-order chi connectivity index (χ1) is 10.8. The Labute approximate surface area is 135 Å². The third kappa shape index (κ3) is 2.63. The van der Waals surface area contributed by atoms with Crippen molar-refractivity contribution in [2.45, 2.75) is 32.6 Å². The monoisotopic (exact) mass is 312 g/mol. The van der Waals surface area contributed by atoms with Crippen LogP contribution in [0.4, 0.5) is 0 Å². The quantitative estimate of drug-likeness (QED) is 0.874. The average Bonchev–Trinajstić information content (AvgIpc) is 2.44. The van der Waals surface area contributed by atoms with Gasteiger partial charge in [0.15, 0.2) is 11.7 Å². The highest BCUT2D eigenvalue weighted by molar-refractivity contribution is 6.04. The van der Waals surface area contributed by atoms with E-state index in [9.17, 15) is 9.59 Å². The van der Waals surface area contributed by atoms with Gasteiger partial charge < -0.3 is 16.2 Å². The molecule has 0 aromatic heterocycles. The molecule has 5 nitrogen and oxygen atoms in total. The highest BCUT2D eigenvalue weighted by Gasteiger charge is 2.43. The molecule has 5 heteroatoms. The Morgan fingerprint density at radius 3 is 2.48 bits per heavy atom. The van der Waals surface area contributed by atoms with Gasteiger partial charge in [0, 0.05) is 18.4 Å².